The highest BCUT2D eigenvalue weighted by molar-refractivity contribution is 5.20. The van der Waals surface area contributed by atoms with Gasteiger partial charge < -0.3 is 10.0 Å². The lowest BCUT2D eigenvalue weighted by Gasteiger charge is -2.21. The zero-order chi connectivity index (χ0) is 8.10. The predicted octanol–water partition coefficient (Wildman–Crippen LogP) is 0.915. The lowest BCUT2D eigenvalue weighted by molar-refractivity contribution is 0.0594. The Morgan fingerprint density at radius 1 is 1.36 bits per heavy atom. The van der Waals surface area contributed by atoms with E-state index in [4.69, 9.17) is 4.84 Å². The van der Waals surface area contributed by atoms with Gasteiger partial charge in [-0.15, -0.1) is 0 Å². The molecule has 4 nitrogen and oxygen atoms in total. The SMILES string of the molecule is CN([O-])NOc1ccccc1. The van der Waals surface area contributed by atoms with E-state index in [2.05, 4.69) is 5.59 Å². The Hall–Kier alpha value is -1.10. The molecule has 0 amide bonds. The normalized spacial score (nSPS) is 10.1. The molecule has 0 saturated carbocycles. The molecule has 60 valence electrons. The summed E-state index contributed by atoms with van der Waals surface area (Å²) in [5, 5.41) is 10.8. The fourth-order valence-electron chi connectivity index (χ4n) is 0.606. The first-order valence-corrected chi connectivity index (χ1v) is 3.17. The highest BCUT2D eigenvalue weighted by atomic mass is 16.8. The van der Waals surface area contributed by atoms with E-state index in [9.17, 15) is 5.21 Å². The second kappa shape index (κ2) is 3.92. The first kappa shape index (κ1) is 8.00. The van der Waals surface area contributed by atoms with E-state index < -0.39 is 0 Å². The van der Waals surface area contributed by atoms with Crippen molar-refractivity contribution in [1.29, 1.82) is 0 Å². The first-order chi connectivity index (χ1) is 5.29. The number of hydrogen-bond acceptors (Lipinski definition) is 4. The molecular weight excluding hydrogens is 144 g/mol. The third kappa shape index (κ3) is 2.99. The number of hydrazine groups is 1. The van der Waals surface area contributed by atoms with E-state index in [-0.39, 0.29) is 0 Å². The summed E-state index contributed by atoms with van der Waals surface area (Å²) in [6.45, 7) is 0. The lowest BCUT2D eigenvalue weighted by Crippen LogP contribution is -2.31. The monoisotopic (exact) mass is 153 g/mol. The Bertz CT molecular complexity index is 201. The van der Waals surface area contributed by atoms with Crippen molar-refractivity contribution in [2.24, 2.45) is 0 Å². The summed E-state index contributed by atoms with van der Waals surface area (Å²) < 4.78 is 0. The molecule has 0 fully saturated rings. The molecule has 0 aromatic heterocycles. The summed E-state index contributed by atoms with van der Waals surface area (Å²) in [6.07, 6.45) is 0. The van der Waals surface area contributed by atoms with Gasteiger partial charge in [0.25, 0.3) is 0 Å². The van der Waals surface area contributed by atoms with Crippen LogP contribution in [0.4, 0.5) is 0 Å². The van der Waals surface area contributed by atoms with Gasteiger partial charge >= 0.3 is 0 Å². The lowest BCUT2D eigenvalue weighted by atomic mass is 10.3. The van der Waals surface area contributed by atoms with E-state index in [1.807, 2.05) is 18.2 Å². The molecular formula is C7H9N2O2-. The Labute approximate surface area is 64.9 Å². The molecule has 1 aromatic rings. The fourth-order valence-corrected chi connectivity index (χ4v) is 0.606. The number of nitrogens with one attached hydrogen (secondary N) is 1. The molecule has 1 rings (SSSR count). The second-order valence-electron chi connectivity index (χ2n) is 2.00. The van der Waals surface area contributed by atoms with Gasteiger partial charge in [0.2, 0.25) is 0 Å². The molecule has 0 aliphatic heterocycles. The minimum absolute atomic E-state index is 0.479. The molecule has 0 heterocycles. The summed E-state index contributed by atoms with van der Waals surface area (Å²) in [7, 11) is 1.31. The van der Waals surface area contributed by atoms with Crippen LogP contribution >= 0.6 is 0 Å². The molecule has 0 radical (unpaired) electrons. The van der Waals surface area contributed by atoms with Crippen LogP contribution < -0.4 is 10.4 Å². The first-order valence-electron chi connectivity index (χ1n) is 3.17. The van der Waals surface area contributed by atoms with Crippen molar-refractivity contribution >= 4 is 0 Å². The quantitative estimate of drug-likeness (QED) is 0.656. The van der Waals surface area contributed by atoms with Gasteiger partial charge in [-0.05, 0) is 19.2 Å². The van der Waals surface area contributed by atoms with Gasteiger partial charge in [0, 0.05) is 0 Å². The molecule has 4 heteroatoms. The van der Waals surface area contributed by atoms with E-state index in [1.165, 1.54) is 7.05 Å². The highest BCUT2D eigenvalue weighted by Crippen LogP contribution is 2.05. The van der Waals surface area contributed by atoms with Crippen LogP contribution in [0.15, 0.2) is 30.3 Å². The van der Waals surface area contributed by atoms with E-state index in [0.717, 1.165) is 0 Å². The van der Waals surface area contributed by atoms with Gasteiger partial charge in [-0.3, -0.25) is 5.17 Å². The number of rotatable bonds is 3. The standard InChI is InChI=1S/C7H9N2O2/c1-9(10)8-11-7-5-3-2-4-6-7/h2-6,8H,1H3/q-1. The van der Waals surface area contributed by atoms with Gasteiger partial charge in [0.05, 0.1) is 0 Å². The predicted molar refractivity (Wildman–Crippen MR) is 41.3 cm³/mol. The minimum Gasteiger partial charge on any atom is -0.770 e. The van der Waals surface area contributed by atoms with Gasteiger partial charge in [-0.25, -0.2) is 0 Å². The van der Waals surface area contributed by atoms with Crippen molar-refractivity contribution in [2.45, 2.75) is 0 Å². The zero-order valence-corrected chi connectivity index (χ0v) is 6.15. The third-order valence-corrected chi connectivity index (χ3v) is 1.04. The molecule has 0 saturated heterocycles. The Morgan fingerprint density at radius 3 is 2.55 bits per heavy atom. The smallest absolute Gasteiger partial charge is 0.148 e. The number of hydrogen-bond donors (Lipinski definition) is 1. The molecule has 0 unspecified atom stereocenters. The van der Waals surface area contributed by atoms with Crippen molar-refractivity contribution in [3.63, 3.8) is 0 Å². The Balaban J connectivity index is 2.39. The molecule has 0 spiro atoms. The van der Waals surface area contributed by atoms with E-state index in [0.29, 0.717) is 10.9 Å². The second-order valence-corrected chi connectivity index (χ2v) is 2.00. The Kier molecular flexibility index (Phi) is 2.85. The summed E-state index contributed by atoms with van der Waals surface area (Å²) in [5.41, 5.74) is 2.14. The third-order valence-electron chi connectivity index (χ3n) is 1.04. The largest absolute Gasteiger partial charge is 0.770 e. The zero-order valence-electron chi connectivity index (χ0n) is 6.15. The van der Waals surface area contributed by atoms with Crippen molar-refractivity contribution in [3.8, 4) is 5.75 Å². The fraction of sp³-hybridized carbons (Fsp3) is 0.143. The van der Waals surface area contributed by atoms with Gasteiger partial charge in [-0.2, -0.15) is 0 Å². The van der Waals surface area contributed by atoms with Crippen LogP contribution in [0.3, 0.4) is 0 Å². The molecule has 11 heavy (non-hydrogen) atoms. The maximum atomic E-state index is 10.3. The Morgan fingerprint density at radius 2 is 2.00 bits per heavy atom. The number of benzene rings is 1. The summed E-state index contributed by atoms with van der Waals surface area (Å²) >= 11 is 0. The van der Waals surface area contributed by atoms with Crippen LogP contribution in [0.5, 0.6) is 5.75 Å². The van der Waals surface area contributed by atoms with Crippen molar-refractivity contribution in [3.05, 3.63) is 35.5 Å². The van der Waals surface area contributed by atoms with Crippen LogP contribution in [0.1, 0.15) is 0 Å². The van der Waals surface area contributed by atoms with E-state index >= 15 is 0 Å². The van der Waals surface area contributed by atoms with Crippen LogP contribution in [0.25, 0.3) is 0 Å². The molecule has 1 aromatic carbocycles. The maximum Gasteiger partial charge on any atom is 0.148 e. The van der Waals surface area contributed by atoms with Crippen LogP contribution in [0.2, 0.25) is 0 Å². The van der Waals surface area contributed by atoms with Gasteiger partial charge in [0.1, 0.15) is 5.75 Å². The van der Waals surface area contributed by atoms with Crippen molar-refractivity contribution < 1.29 is 4.84 Å². The van der Waals surface area contributed by atoms with Crippen molar-refractivity contribution in [2.75, 3.05) is 7.05 Å². The molecule has 0 atom stereocenters. The average molecular weight is 153 g/mol. The van der Waals surface area contributed by atoms with Crippen LogP contribution in [0, 0.1) is 5.21 Å². The molecule has 1 N–H and O–H groups in total. The maximum absolute atomic E-state index is 10.3. The van der Waals surface area contributed by atoms with E-state index in [1.54, 1.807) is 12.1 Å². The van der Waals surface area contributed by atoms with Crippen molar-refractivity contribution in [1.82, 2.24) is 10.8 Å². The molecule has 0 aliphatic carbocycles. The summed E-state index contributed by atoms with van der Waals surface area (Å²) in [5.74, 6) is 0.607. The minimum atomic E-state index is 0.479. The van der Waals surface area contributed by atoms with Gasteiger partial charge in [-0.1, -0.05) is 23.8 Å². The molecule has 0 bridgehead atoms. The van der Waals surface area contributed by atoms with Gasteiger partial charge in [0.15, 0.2) is 0 Å². The summed E-state index contributed by atoms with van der Waals surface area (Å²) in [6, 6.07) is 9.00. The number of hydroxylamine groups is 1. The number of para-hydroxylation sites is 1. The van der Waals surface area contributed by atoms with Crippen LogP contribution in [-0.4, -0.2) is 12.2 Å². The topological polar surface area (TPSA) is 47.6 Å². The van der Waals surface area contributed by atoms with Crippen LogP contribution in [-0.2, 0) is 0 Å². The molecule has 0 aliphatic rings. The number of nitrogens with zero attached hydrogens (tertiary/aromatic N) is 1. The highest BCUT2D eigenvalue weighted by Gasteiger charge is 1.87. The average Bonchev–Trinajstić information content (AvgIpc) is 2.03. The summed E-state index contributed by atoms with van der Waals surface area (Å²) in [4.78, 5) is 4.83.